The van der Waals surface area contributed by atoms with Gasteiger partial charge in [-0.25, -0.2) is 13.1 Å². The van der Waals surface area contributed by atoms with Crippen LogP contribution in [-0.4, -0.2) is 33.5 Å². The van der Waals surface area contributed by atoms with Crippen molar-refractivity contribution >= 4 is 21.6 Å². The number of nitrogens with two attached hydrogens (primary N) is 1. The highest BCUT2D eigenvalue weighted by Gasteiger charge is 2.25. The van der Waals surface area contributed by atoms with Crippen molar-refractivity contribution in [3.05, 3.63) is 23.8 Å². The number of carbonyl (C=O) groups is 1. The maximum atomic E-state index is 12.5. The molecule has 2 rings (SSSR count). The third kappa shape index (κ3) is 4.10. The van der Waals surface area contributed by atoms with Crippen LogP contribution in [0.5, 0.6) is 0 Å². The maximum absolute atomic E-state index is 12.5. The molecule has 0 saturated carbocycles. The van der Waals surface area contributed by atoms with E-state index in [1.54, 1.807) is 23.1 Å². The summed E-state index contributed by atoms with van der Waals surface area (Å²) in [4.78, 5) is 13.5. The first-order valence-corrected chi connectivity index (χ1v) is 9.50. The summed E-state index contributed by atoms with van der Waals surface area (Å²) in [6.07, 6.45) is 3.34. The van der Waals surface area contributed by atoms with E-state index in [-0.39, 0.29) is 23.4 Å². The molecule has 1 unspecified atom stereocenters. The van der Waals surface area contributed by atoms with Crippen LogP contribution in [0.3, 0.4) is 0 Å². The molecule has 0 fully saturated rings. The third-order valence-corrected chi connectivity index (χ3v) is 5.67. The molecule has 128 valence electrons. The van der Waals surface area contributed by atoms with Crippen LogP contribution in [0.4, 0.5) is 5.69 Å². The van der Waals surface area contributed by atoms with Crippen molar-refractivity contribution < 1.29 is 13.2 Å². The molecule has 6 nitrogen and oxygen atoms in total. The van der Waals surface area contributed by atoms with E-state index < -0.39 is 10.0 Å². The molecule has 3 N–H and O–H groups in total. The number of carbonyl (C=O) groups excluding carboxylic acids is 1. The quantitative estimate of drug-likeness (QED) is 0.785. The van der Waals surface area contributed by atoms with Crippen molar-refractivity contribution in [2.24, 2.45) is 5.73 Å². The molecular weight excluding hydrogens is 314 g/mol. The van der Waals surface area contributed by atoms with E-state index in [2.05, 4.69) is 11.6 Å². The fourth-order valence-electron chi connectivity index (χ4n) is 2.84. The van der Waals surface area contributed by atoms with Gasteiger partial charge in [0.15, 0.2) is 0 Å². The van der Waals surface area contributed by atoms with E-state index in [1.807, 2.05) is 0 Å². The molecule has 0 aromatic heterocycles. The van der Waals surface area contributed by atoms with Gasteiger partial charge in [-0.1, -0.05) is 19.8 Å². The van der Waals surface area contributed by atoms with Crippen molar-refractivity contribution in [1.82, 2.24) is 4.72 Å². The molecule has 0 saturated heterocycles. The lowest BCUT2D eigenvalue weighted by molar-refractivity contribution is -0.116. The zero-order chi connectivity index (χ0) is 17.0. The summed E-state index contributed by atoms with van der Waals surface area (Å²) in [7, 11) is -3.59. The summed E-state index contributed by atoms with van der Waals surface area (Å²) in [6, 6.07) is 4.67. The van der Waals surface area contributed by atoms with E-state index in [0.29, 0.717) is 13.0 Å². The highest BCUT2D eigenvalue weighted by molar-refractivity contribution is 7.89. The van der Waals surface area contributed by atoms with Gasteiger partial charge >= 0.3 is 0 Å². The molecule has 1 heterocycles. The van der Waals surface area contributed by atoms with E-state index in [1.165, 1.54) is 6.92 Å². The van der Waals surface area contributed by atoms with Crippen molar-refractivity contribution in [1.29, 1.82) is 0 Å². The molecule has 1 aliphatic heterocycles. The number of hydrogen-bond donors (Lipinski definition) is 2. The number of hydrogen-bond acceptors (Lipinski definition) is 4. The topological polar surface area (TPSA) is 92.5 Å². The fraction of sp³-hybridized carbons (Fsp3) is 0.562. The van der Waals surface area contributed by atoms with Gasteiger partial charge in [-0.05, 0) is 36.6 Å². The summed E-state index contributed by atoms with van der Waals surface area (Å²) in [5, 5.41) is 0. The van der Waals surface area contributed by atoms with Crippen LogP contribution >= 0.6 is 0 Å². The number of nitrogens with zero attached hydrogens (tertiary/aromatic N) is 1. The first-order chi connectivity index (χ1) is 10.9. The molecule has 1 aromatic rings. The first-order valence-electron chi connectivity index (χ1n) is 8.02. The van der Waals surface area contributed by atoms with Crippen LogP contribution in [0, 0.1) is 0 Å². The van der Waals surface area contributed by atoms with E-state index in [0.717, 1.165) is 30.5 Å². The lowest BCUT2D eigenvalue weighted by Gasteiger charge is -2.18. The minimum Gasteiger partial charge on any atom is -0.329 e. The maximum Gasteiger partial charge on any atom is 0.240 e. The van der Waals surface area contributed by atoms with Gasteiger partial charge in [0.25, 0.3) is 0 Å². The monoisotopic (exact) mass is 339 g/mol. The Morgan fingerprint density at radius 3 is 2.78 bits per heavy atom. The minimum atomic E-state index is -3.59. The van der Waals surface area contributed by atoms with Crippen LogP contribution in [0.25, 0.3) is 0 Å². The number of sulfonamides is 1. The number of unbranched alkanes of at least 4 members (excludes halogenated alkanes) is 1. The van der Waals surface area contributed by atoms with Crippen LogP contribution in [0.2, 0.25) is 0 Å². The smallest absolute Gasteiger partial charge is 0.240 e. The molecule has 7 heteroatoms. The highest BCUT2D eigenvalue weighted by Crippen LogP contribution is 2.30. The fourth-order valence-corrected chi connectivity index (χ4v) is 4.17. The number of benzene rings is 1. The van der Waals surface area contributed by atoms with Gasteiger partial charge in [-0.3, -0.25) is 4.79 Å². The molecule has 1 amide bonds. The number of rotatable bonds is 7. The van der Waals surface area contributed by atoms with Gasteiger partial charge in [0.05, 0.1) is 4.90 Å². The average Bonchev–Trinajstić information content (AvgIpc) is 2.94. The van der Waals surface area contributed by atoms with Gasteiger partial charge in [0.1, 0.15) is 0 Å². The van der Waals surface area contributed by atoms with Crippen LogP contribution < -0.4 is 15.4 Å². The lowest BCUT2D eigenvalue weighted by atomic mass is 10.1. The number of fused-ring (bicyclic) bond motifs is 1. The molecule has 1 aromatic carbocycles. The van der Waals surface area contributed by atoms with E-state index in [9.17, 15) is 13.2 Å². The van der Waals surface area contributed by atoms with Gasteiger partial charge in [0.2, 0.25) is 15.9 Å². The third-order valence-electron chi connectivity index (χ3n) is 4.15. The second-order valence-corrected chi connectivity index (χ2v) is 7.62. The largest absolute Gasteiger partial charge is 0.329 e. The summed E-state index contributed by atoms with van der Waals surface area (Å²) in [5.41, 5.74) is 7.36. The standard InChI is InChI=1S/C16H25N3O3S/c1-3-4-5-14(11-17)18-23(21,22)15-6-7-16-13(10-15)8-9-19(16)12(2)20/h6-7,10,14,18H,3-5,8-9,11,17H2,1-2H3. The lowest BCUT2D eigenvalue weighted by Crippen LogP contribution is -2.40. The predicted octanol–water partition coefficient (Wildman–Crippen LogP) is 1.39. The van der Waals surface area contributed by atoms with Gasteiger partial charge in [-0.2, -0.15) is 0 Å². The van der Waals surface area contributed by atoms with Crippen molar-refractivity contribution in [2.45, 2.75) is 50.5 Å². The highest BCUT2D eigenvalue weighted by atomic mass is 32.2. The predicted molar refractivity (Wildman–Crippen MR) is 90.9 cm³/mol. The first kappa shape index (κ1) is 17.9. The number of amides is 1. The average molecular weight is 339 g/mol. The summed E-state index contributed by atoms with van der Waals surface area (Å²) in [5.74, 6) is -0.0276. The van der Waals surface area contributed by atoms with Crippen LogP contribution in [0.15, 0.2) is 23.1 Å². The van der Waals surface area contributed by atoms with Gasteiger partial charge in [-0.15, -0.1) is 0 Å². The summed E-state index contributed by atoms with van der Waals surface area (Å²) < 4.78 is 27.8. The molecule has 0 aliphatic carbocycles. The zero-order valence-corrected chi connectivity index (χ0v) is 14.5. The van der Waals surface area contributed by atoms with Crippen molar-refractivity contribution in [3.63, 3.8) is 0 Å². The SMILES string of the molecule is CCCCC(CN)NS(=O)(=O)c1ccc2c(c1)CCN2C(C)=O. The Morgan fingerprint density at radius 1 is 1.43 bits per heavy atom. The molecule has 0 spiro atoms. The van der Waals surface area contributed by atoms with Crippen molar-refractivity contribution in [3.8, 4) is 0 Å². The Hall–Kier alpha value is -1.44. The molecule has 0 radical (unpaired) electrons. The number of nitrogens with one attached hydrogen (secondary N) is 1. The Balaban J connectivity index is 2.19. The molecule has 23 heavy (non-hydrogen) atoms. The van der Waals surface area contributed by atoms with Crippen molar-refractivity contribution in [2.75, 3.05) is 18.0 Å². The molecule has 1 atom stereocenters. The van der Waals surface area contributed by atoms with E-state index >= 15 is 0 Å². The summed E-state index contributed by atoms with van der Waals surface area (Å²) in [6.45, 7) is 4.45. The molecular formula is C16H25N3O3S. The van der Waals surface area contributed by atoms with E-state index in [4.69, 9.17) is 5.73 Å². The summed E-state index contributed by atoms with van der Waals surface area (Å²) >= 11 is 0. The second kappa shape index (κ2) is 7.42. The Morgan fingerprint density at radius 2 is 2.17 bits per heavy atom. The zero-order valence-electron chi connectivity index (χ0n) is 13.7. The van der Waals surface area contributed by atoms with Crippen LogP contribution in [0.1, 0.15) is 38.7 Å². The molecule has 1 aliphatic rings. The van der Waals surface area contributed by atoms with Gasteiger partial charge < -0.3 is 10.6 Å². The Bertz CT molecular complexity index is 673. The van der Waals surface area contributed by atoms with Crippen LogP contribution in [-0.2, 0) is 21.2 Å². The Labute approximate surface area is 138 Å². The normalized spacial score (nSPS) is 15.5. The molecule has 0 bridgehead atoms. The minimum absolute atomic E-state index is 0.0276. The van der Waals surface area contributed by atoms with Gasteiger partial charge in [0, 0.05) is 31.7 Å². The second-order valence-electron chi connectivity index (χ2n) is 5.91. The Kier molecular flexibility index (Phi) is 5.78. The number of anilines is 1.